The molecule has 0 bridgehead atoms. The number of carboxylic acid groups (broad SMARTS) is 1. The molecular formula is C21H18O2. The van der Waals surface area contributed by atoms with E-state index in [0.717, 1.165) is 16.7 Å². The minimum Gasteiger partial charge on any atom is -0.478 e. The van der Waals surface area contributed by atoms with Crippen LogP contribution in [0.5, 0.6) is 0 Å². The van der Waals surface area contributed by atoms with Crippen molar-refractivity contribution in [2.24, 2.45) is 0 Å². The number of carbonyl (C=O) groups is 1. The number of carboxylic acids is 1. The molecule has 0 fully saturated rings. The Morgan fingerprint density at radius 2 is 1.35 bits per heavy atom. The van der Waals surface area contributed by atoms with Crippen molar-refractivity contribution in [2.75, 3.05) is 0 Å². The van der Waals surface area contributed by atoms with E-state index in [0.29, 0.717) is 5.56 Å². The summed E-state index contributed by atoms with van der Waals surface area (Å²) < 4.78 is 0. The van der Waals surface area contributed by atoms with Crippen molar-refractivity contribution in [1.29, 1.82) is 0 Å². The zero-order valence-electron chi connectivity index (χ0n) is 13.2. The standard InChI is InChI=1S/C21H18O2/c1-14-8-10-17(12-19(14)16-6-4-3-5-7-16)20-13-18(21(22)23)11-9-15(20)2/h3-13H,1-2H3,(H,22,23). The molecule has 0 saturated carbocycles. The molecule has 2 heteroatoms. The van der Waals surface area contributed by atoms with Crippen molar-refractivity contribution in [3.05, 3.63) is 83.4 Å². The van der Waals surface area contributed by atoms with Crippen LogP contribution in [0.1, 0.15) is 21.5 Å². The van der Waals surface area contributed by atoms with Crippen molar-refractivity contribution < 1.29 is 9.90 Å². The highest BCUT2D eigenvalue weighted by atomic mass is 16.4. The van der Waals surface area contributed by atoms with E-state index in [1.807, 2.05) is 31.2 Å². The fraction of sp³-hybridized carbons (Fsp3) is 0.0952. The van der Waals surface area contributed by atoms with Gasteiger partial charge >= 0.3 is 5.97 Å². The fourth-order valence-electron chi connectivity index (χ4n) is 2.78. The Bertz CT molecular complexity index is 864. The third kappa shape index (κ3) is 3.02. The zero-order valence-corrected chi connectivity index (χ0v) is 13.2. The molecule has 3 aromatic carbocycles. The Kier molecular flexibility index (Phi) is 3.98. The SMILES string of the molecule is Cc1ccc(C(=O)O)cc1-c1ccc(C)c(-c2ccccc2)c1. The van der Waals surface area contributed by atoms with Gasteiger partial charge in [-0.15, -0.1) is 0 Å². The van der Waals surface area contributed by atoms with Crippen LogP contribution in [0.2, 0.25) is 0 Å². The van der Waals surface area contributed by atoms with Crippen LogP contribution in [0.25, 0.3) is 22.3 Å². The fourth-order valence-corrected chi connectivity index (χ4v) is 2.78. The molecule has 0 aliphatic heterocycles. The molecular weight excluding hydrogens is 284 g/mol. The third-order valence-electron chi connectivity index (χ3n) is 4.12. The second-order valence-electron chi connectivity index (χ2n) is 5.73. The maximum Gasteiger partial charge on any atom is 0.335 e. The minimum atomic E-state index is -0.901. The quantitative estimate of drug-likeness (QED) is 0.709. The van der Waals surface area contributed by atoms with E-state index in [2.05, 4.69) is 37.3 Å². The number of aryl methyl sites for hydroxylation is 2. The molecule has 0 aliphatic rings. The van der Waals surface area contributed by atoms with Gasteiger partial charge < -0.3 is 5.11 Å². The maximum atomic E-state index is 11.2. The molecule has 0 amide bonds. The molecule has 0 unspecified atom stereocenters. The van der Waals surface area contributed by atoms with Gasteiger partial charge in [-0.3, -0.25) is 0 Å². The van der Waals surface area contributed by atoms with Crippen LogP contribution < -0.4 is 0 Å². The summed E-state index contributed by atoms with van der Waals surface area (Å²) in [6, 6.07) is 21.8. The van der Waals surface area contributed by atoms with E-state index in [4.69, 9.17) is 0 Å². The van der Waals surface area contributed by atoms with Crippen LogP contribution in [-0.2, 0) is 0 Å². The summed E-state index contributed by atoms with van der Waals surface area (Å²) in [7, 11) is 0. The molecule has 0 aliphatic carbocycles. The summed E-state index contributed by atoms with van der Waals surface area (Å²) in [6.45, 7) is 4.09. The average molecular weight is 302 g/mol. The summed E-state index contributed by atoms with van der Waals surface area (Å²) in [4.78, 5) is 11.2. The van der Waals surface area contributed by atoms with E-state index in [1.165, 1.54) is 16.7 Å². The van der Waals surface area contributed by atoms with Crippen molar-refractivity contribution in [2.45, 2.75) is 13.8 Å². The summed E-state index contributed by atoms with van der Waals surface area (Å²) in [5.74, 6) is -0.901. The molecule has 0 heterocycles. The average Bonchev–Trinajstić information content (AvgIpc) is 2.56. The van der Waals surface area contributed by atoms with Gasteiger partial charge in [0.05, 0.1) is 5.56 Å². The Labute approximate surface area is 136 Å². The first-order chi connectivity index (χ1) is 11.1. The van der Waals surface area contributed by atoms with Crippen molar-refractivity contribution >= 4 is 5.97 Å². The number of rotatable bonds is 3. The van der Waals surface area contributed by atoms with E-state index < -0.39 is 5.97 Å². The lowest BCUT2D eigenvalue weighted by Crippen LogP contribution is -1.97. The molecule has 3 aromatic rings. The van der Waals surface area contributed by atoms with Gasteiger partial charge in [0.1, 0.15) is 0 Å². The predicted molar refractivity (Wildman–Crippen MR) is 93.7 cm³/mol. The number of aromatic carboxylic acids is 1. The molecule has 23 heavy (non-hydrogen) atoms. The summed E-state index contributed by atoms with van der Waals surface area (Å²) >= 11 is 0. The van der Waals surface area contributed by atoms with Crippen LogP contribution in [0.15, 0.2) is 66.7 Å². The molecule has 1 N–H and O–H groups in total. The summed E-state index contributed by atoms with van der Waals surface area (Å²) in [5, 5.41) is 9.22. The van der Waals surface area contributed by atoms with Crippen LogP contribution in [0.4, 0.5) is 0 Å². The number of benzene rings is 3. The molecule has 0 radical (unpaired) electrons. The Balaban J connectivity index is 2.15. The summed E-state index contributed by atoms with van der Waals surface area (Å²) in [6.07, 6.45) is 0. The van der Waals surface area contributed by atoms with Gasteiger partial charge in [-0.05, 0) is 65.4 Å². The number of hydrogen-bond donors (Lipinski definition) is 1. The van der Waals surface area contributed by atoms with Gasteiger partial charge in [0.2, 0.25) is 0 Å². The largest absolute Gasteiger partial charge is 0.478 e. The van der Waals surface area contributed by atoms with Crippen LogP contribution in [0.3, 0.4) is 0 Å². The van der Waals surface area contributed by atoms with Crippen molar-refractivity contribution in [3.63, 3.8) is 0 Å². The van der Waals surface area contributed by atoms with E-state index in [1.54, 1.807) is 12.1 Å². The molecule has 0 atom stereocenters. The lowest BCUT2D eigenvalue weighted by molar-refractivity contribution is 0.0697. The topological polar surface area (TPSA) is 37.3 Å². The van der Waals surface area contributed by atoms with Gasteiger partial charge in [-0.25, -0.2) is 4.79 Å². The smallest absolute Gasteiger partial charge is 0.335 e. The third-order valence-corrected chi connectivity index (χ3v) is 4.12. The van der Waals surface area contributed by atoms with Gasteiger partial charge in [0, 0.05) is 0 Å². The first-order valence-corrected chi connectivity index (χ1v) is 7.56. The molecule has 0 spiro atoms. The van der Waals surface area contributed by atoms with Gasteiger partial charge in [0.25, 0.3) is 0 Å². The lowest BCUT2D eigenvalue weighted by atomic mass is 9.92. The monoisotopic (exact) mass is 302 g/mol. The van der Waals surface area contributed by atoms with Gasteiger partial charge in [-0.2, -0.15) is 0 Å². The highest BCUT2D eigenvalue weighted by Crippen LogP contribution is 2.31. The second kappa shape index (κ2) is 6.09. The predicted octanol–water partition coefficient (Wildman–Crippen LogP) is 5.34. The highest BCUT2D eigenvalue weighted by Gasteiger charge is 2.10. The second-order valence-corrected chi connectivity index (χ2v) is 5.73. The van der Waals surface area contributed by atoms with E-state index >= 15 is 0 Å². The highest BCUT2D eigenvalue weighted by molar-refractivity contribution is 5.90. The van der Waals surface area contributed by atoms with Crippen molar-refractivity contribution in [3.8, 4) is 22.3 Å². The maximum absolute atomic E-state index is 11.2. The molecule has 3 rings (SSSR count). The first kappa shape index (κ1) is 15.0. The Morgan fingerprint density at radius 1 is 0.739 bits per heavy atom. The Hall–Kier alpha value is -2.87. The molecule has 2 nitrogen and oxygen atoms in total. The first-order valence-electron chi connectivity index (χ1n) is 7.56. The van der Waals surface area contributed by atoms with E-state index in [9.17, 15) is 9.90 Å². The zero-order chi connectivity index (χ0) is 16.4. The minimum absolute atomic E-state index is 0.312. The molecule has 114 valence electrons. The molecule has 0 saturated heterocycles. The van der Waals surface area contributed by atoms with Crippen LogP contribution in [0, 0.1) is 13.8 Å². The van der Waals surface area contributed by atoms with Gasteiger partial charge in [0.15, 0.2) is 0 Å². The van der Waals surface area contributed by atoms with Crippen molar-refractivity contribution in [1.82, 2.24) is 0 Å². The molecule has 0 aromatic heterocycles. The number of hydrogen-bond acceptors (Lipinski definition) is 1. The Morgan fingerprint density at radius 3 is 2.00 bits per heavy atom. The van der Waals surface area contributed by atoms with Gasteiger partial charge in [-0.1, -0.05) is 48.5 Å². The van der Waals surface area contributed by atoms with E-state index in [-0.39, 0.29) is 0 Å². The lowest BCUT2D eigenvalue weighted by Gasteiger charge is -2.12. The normalized spacial score (nSPS) is 10.5. The van der Waals surface area contributed by atoms with Crippen LogP contribution >= 0.6 is 0 Å². The summed E-state index contributed by atoms with van der Waals surface area (Å²) in [5.41, 5.74) is 6.91. The van der Waals surface area contributed by atoms with Crippen LogP contribution in [-0.4, -0.2) is 11.1 Å².